The second-order valence-corrected chi connectivity index (χ2v) is 4.83. The number of alkyl halides is 1. The van der Waals surface area contributed by atoms with Crippen LogP contribution in [0, 0.1) is 5.92 Å². The van der Waals surface area contributed by atoms with Gasteiger partial charge in [0, 0.05) is 5.88 Å². The highest BCUT2D eigenvalue weighted by Gasteiger charge is 1.99. The summed E-state index contributed by atoms with van der Waals surface area (Å²) in [6, 6.07) is 2.19. The van der Waals surface area contributed by atoms with Gasteiger partial charge >= 0.3 is 0 Å². The predicted octanol–water partition coefficient (Wildman–Crippen LogP) is 3.15. The van der Waals surface area contributed by atoms with Crippen LogP contribution in [-0.4, -0.2) is 19.0 Å². The molecule has 1 heterocycles. The molecule has 0 fully saturated rings. The van der Waals surface area contributed by atoms with Crippen LogP contribution in [0.5, 0.6) is 0 Å². The van der Waals surface area contributed by atoms with Crippen molar-refractivity contribution in [3.8, 4) is 0 Å². The van der Waals surface area contributed by atoms with E-state index in [1.165, 1.54) is 5.56 Å². The SMILES string of the molecule is CC(CCCl)CNCCc1ccsc1. The molecule has 0 radical (unpaired) electrons. The van der Waals surface area contributed by atoms with Gasteiger partial charge < -0.3 is 5.32 Å². The molecule has 0 amide bonds. The van der Waals surface area contributed by atoms with E-state index in [1.807, 2.05) is 0 Å². The van der Waals surface area contributed by atoms with Crippen molar-refractivity contribution >= 4 is 22.9 Å². The molecule has 0 aliphatic heterocycles. The molecule has 1 atom stereocenters. The lowest BCUT2D eigenvalue weighted by Crippen LogP contribution is -2.23. The second kappa shape index (κ2) is 7.27. The highest BCUT2D eigenvalue weighted by molar-refractivity contribution is 7.07. The van der Waals surface area contributed by atoms with Gasteiger partial charge in [-0.2, -0.15) is 11.3 Å². The van der Waals surface area contributed by atoms with Gasteiger partial charge in [0.1, 0.15) is 0 Å². The third-order valence-corrected chi connectivity index (χ3v) is 3.22. The molecule has 1 N–H and O–H groups in total. The first kappa shape index (κ1) is 12.0. The molecular formula is C11H18ClNS. The van der Waals surface area contributed by atoms with Crippen molar-refractivity contribution < 1.29 is 0 Å². The maximum absolute atomic E-state index is 5.66. The van der Waals surface area contributed by atoms with Gasteiger partial charge in [-0.25, -0.2) is 0 Å². The van der Waals surface area contributed by atoms with Gasteiger partial charge in [-0.1, -0.05) is 6.92 Å². The van der Waals surface area contributed by atoms with Crippen molar-refractivity contribution in [2.75, 3.05) is 19.0 Å². The van der Waals surface area contributed by atoms with Crippen LogP contribution in [0.15, 0.2) is 16.8 Å². The van der Waals surface area contributed by atoms with Crippen LogP contribution in [-0.2, 0) is 6.42 Å². The summed E-state index contributed by atoms with van der Waals surface area (Å²) in [6.07, 6.45) is 2.24. The van der Waals surface area contributed by atoms with Crippen molar-refractivity contribution in [2.45, 2.75) is 19.8 Å². The Morgan fingerprint density at radius 1 is 1.57 bits per heavy atom. The van der Waals surface area contributed by atoms with Crippen LogP contribution in [0.2, 0.25) is 0 Å². The molecule has 0 bridgehead atoms. The quantitative estimate of drug-likeness (QED) is 0.562. The van der Waals surface area contributed by atoms with Crippen molar-refractivity contribution in [3.05, 3.63) is 22.4 Å². The second-order valence-electron chi connectivity index (χ2n) is 3.67. The summed E-state index contributed by atoms with van der Waals surface area (Å²) < 4.78 is 0. The monoisotopic (exact) mass is 231 g/mol. The van der Waals surface area contributed by atoms with Crippen LogP contribution in [0.1, 0.15) is 18.9 Å². The molecule has 3 heteroatoms. The molecule has 1 nitrogen and oxygen atoms in total. The van der Waals surface area contributed by atoms with Gasteiger partial charge in [0.2, 0.25) is 0 Å². The van der Waals surface area contributed by atoms with Crippen molar-refractivity contribution in [1.82, 2.24) is 5.32 Å². The fourth-order valence-corrected chi connectivity index (χ4v) is 2.38. The fourth-order valence-electron chi connectivity index (χ4n) is 1.30. The van der Waals surface area contributed by atoms with Gasteiger partial charge in [-0.05, 0) is 54.2 Å². The third-order valence-electron chi connectivity index (χ3n) is 2.27. The lowest BCUT2D eigenvalue weighted by Gasteiger charge is -2.10. The molecule has 14 heavy (non-hydrogen) atoms. The molecule has 1 rings (SSSR count). The Kier molecular flexibility index (Phi) is 6.24. The number of halogens is 1. The maximum atomic E-state index is 5.66. The van der Waals surface area contributed by atoms with Crippen LogP contribution in [0.25, 0.3) is 0 Å². The van der Waals surface area contributed by atoms with E-state index < -0.39 is 0 Å². The summed E-state index contributed by atoms with van der Waals surface area (Å²) in [6.45, 7) is 4.39. The standard InChI is InChI=1S/C11H18ClNS/c1-10(2-5-12)8-13-6-3-11-4-7-14-9-11/h4,7,9-10,13H,2-3,5-6,8H2,1H3. The molecular weight excluding hydrogens is 214 g/mol. The molecule has 0 aromatic carbocycles. The zero-order chi connectivity index (χ0) is 10.2. The first-order valence-electron chi connectivity index (χ1n) is 5.10. The molecule has 1 aromatic heterocycles. The smallest absolute Gasteiger partial charge is 0.0226 e. The molecule has 0 saturated heterocycles. The number of nitrogens with one attached hydrogen (secondary N) is 1. The summed E-state index contributed by atoms with van der Waals surface area (Å²) in [5, 5.41) is 7.80. The Morgan fingerprint density at radius 2 is 2.43 bits per heavy atom. The van der Waals surface area contributed by atoms with E-state index >= 15 is 0 Å². The third kappa shape index (κ3) is 4.99. The van der Waals surface area contributed by atoms with E-state index in [9.17, 15) is 0 Å². The lowest BCUT2D eigenvalue weighted by molar-refractivity contribution is 0.504. The molecule has 0 aliphatic carbocycles. The lowest BCUT2D eigenvalue weighted by atomic mass is 10.1. The van der Waals surface area contributed by atoms with Crippen LogP contribution in [0.3, 0.4) is 0 Å². The largest absolute Gasteiger partial charge is 0.316 e. The van der Waals surface area contributed by atoms with Crippen LogP contribution < -0.4 is 5.32 Å². The maximum Gasteiger partial charge on any atom is 0.0226 e. The Bertz CT molecular complexity index is 223. The molecule has 80 valence electrons. The van der Waals surface area contributed by atoms with E-state index in [-0.39, 0.29) is 0 Å². The number of hydrogen-bond donors (Lipinski definition) is 1. The summed E-state index contributed by atoms with van der Waals surface area (Å²) in [7, 11) is 0. The summed E-state index contributed by atoms with van der Waals surface area (Å²) in [5.74, 6) is 1.46. The Labute approximate surface area is 95.5 Å². The Balaban J connectivity index is 1.99. The number of hydrogen-bond acceptors (Lipinski definition) is 2. The van der Waals surface area contributed by atoms with E-state index in [4.69, 9.17) is 11.6 Å². The topological polar surface area (TPSA) is 12.0 Å². The van der Waals surface area contributed by atoms with Gasteiger partial charge in [-0.15, -0.1) is 11.6 Å². The Hall–Kier alpha value is -0.0500. The minimum absolute atomic E-state index is 0.690. The number of rotatable bonds is 7. The first-order valence-corrected chi connectivity index (χ1v) is 6.58. The minimum Gasteiger partial charge on any atom is -0.316 e. The van der Waals surface area contributed by atoms with E-state index in [0.717, 1.165) is 31.8 Å². The van der Waals surface area contributed by atoms with Gasteiger partial charge in [0.15, 0.2) is 0 Å². The predicted molar refractivity (Wildman–Crippen MR) is 65.4 cm³/mol. The van der Waals surface area contributed by atoms with Crippen molar-refractivity contribution in [2.24, 2.45) is 5.92 Å². The van der Waals surface area contributed by atoms with Crippen molar-refractivity contribution in [3.63, 3.8) is 0 Å². The summed E-state index contributed by atoms with van der Waals surface area (Å²) in [5.41, 5.74) is 1.44. The average molecular weight is 232 g/mol. The highest BCUT2D eigenvalue weighted by atomic mass is 35.5. The molecule has 1 aromatic rings. The van der Waals surface area contributed by atoms with Crippen LogP contribution >= 0.6 is 22.9 Å². The minimum atomic E-state index is 0.690. The van der Waals surface area contributed by atoms with Crippen molar-refractivity contribution in [1.29, 1.82) is 0 Å². The fraction of sp³-hybridized carbons (Fsp3) is 0.636. The number of thiophene rings is 1. The van der Waals surface area contributed by atoms with E-state index in [0.29, 0.717) is 5.92 Å². The Morgan fingerprint density at radius 3 is 3.07 bits per heavy atom. The average Bonchev–Trinajstić information content (AvgIpc) is 2.65. The normalized spacial score (nSPS) is 13.0. The van der Waals surface area contributed by atoms with Gasteiger partial charge in [0.05, 0.1) is 0 Å². The molecule has 0 spiro atoms. The molecule has 0 aliphatic rings. The van der Waals surface area contributed by atoms with Gasteiger partial charge in [0.25, 0.3) is 0 Å². The molecule has 0 saturated carbocycles. The van der Waals surface area contributed by atoms with Crippen LogP contribution in [0.4, 0.5) is 0 Å². The molecule has 1 unspecified atom stereocenters. The van der Waals surface area contributed by atoms with E-state index in [2.05, 4.69) is 29.1 Å². The summed E-state index contributed by atoms with van der Waals surface area (Å²) >= 11 is 7.43. The summed E-state index contributed by atoms with van der Waals surface area (Å²) in [4.78, 5) is 0. The van der Waals surface area contributed by atoms with E-state index in [1.54, 1.807) is 11.3 Å². The first-order chi connectivity index (χ1) is 6.83. The zero-order valence-corrected chi connectivity index (χ0v) is 10.2. The van der Waals surface area contributed by atoms with Gasteiger partial charge in [-0.3, -0.25) is 0 Å². The zero-order valence-electron chi connectivity index (χ0n) is 8.63. The highest BCUT2D eigenvalue weighted by Crippen LogP contribution is 2.06.